The minimum Gasteiger partial charge on any atom is -0.394 e. The molecule has 4 heteroatoms. The first-order chi connectivity index (χ1) is 8.65. The summed E-state index contributed by atoms with van der Waals surface area (Å²) in [5, 5.41) is 13.1. The van der Waals surface area contributed by atoms with Gasteiger partial charge in [-0.2, -0.15) is 0 Å². The molecule has 0 aromatic carbocycles. The fourth-order valence-corrected chi connectivity index (χ4v) is 2.72. The first kappa shape index (κ1) is 15.9. The monoisotopic (exact) mass is 257 g/mol. The largest absolute Gasteiger partial charge is 0.394 e. The van der Waals surface area contributed by atoms with Crippen molar-refractivity contribution in [2.75, 3.05) is 52.9 Å². The smallest absolute Gasteiger partial charge is 0.0613 e. The van der Waals surface area contributed by atoms with Gasteiger partial charge in [-0.25, -0.2) is 0 Å². The van der Waals surface area contributed by atoms with Crippen LogP contribution in [0.15, 0.2) is 0 Å². The third-order valence-electron chi connectivity index (χ3n) is 4.26. The molecule has 1 aliphatic heterocycles. The van der Waals surface area contributed by atoms with Gasteiger partial charge in [0, 0.05) is 31.7 Å². The topological polar surface area (TPSA) is 38.7 Å². The van der Waals surface area contributed by atoms with Gasteiger partial charge in [-0.15, -0.1) is 0 Å². The molecule has 0 amide bonds. The fourth-order valence-electron chi connectivity index (χ4n) is 2.72. The maximum Gasteiger partial charge on any atom is 0.0613 e. The van der Waals surface area contributed by atoms with Crippen molar-refractivity contribution in [3.05, 3.63) is 0 Å². The van der Waals surface area contributed by atoms with E-state index in [4.69, 9.17) is 0 Å². The number of nitrogens with one attached hydrogen (secondary N) is 1. The molecule has 4 nitrogen and oxygen atoms in total. The van der Waals surface area contributed by atoms with Crippen molar-refractivity contribution in [3.63, 3.8) is 0 Å². The van der Waals surface area contributed by atoms with Gasteiger partial charge in [0.25, 0.3) is 0 Å². The Hall–Kier alpha value is -0.160. The summed E-state index contributed by atoms with van der Waals surface area (Å²) in [6, 6.07) is 0. The second-order valence-corrected chi connectivity index (χ2v) is 5.57. The van der Waals surface area contributed by atoms with Crippen LogP contribution in [-0.2, 0) is 0 Å². The summed E-state index contributed by atoms with van der Waals surface area (Å²) in [4.78, 5) is 4.93. The summed E-state index contributed by atoms with van der Waals surface area (Å²) >= 11 is 0. The Morgan fingerprint density at radius 1 is 1.17 bits per heavy atom. The predicted octanol–water partition coefficient (Wildman–Crippen LogP) is 0.765. The number of nitrogens with zero attached hydrogens (tertiary/aromatic N) is 2. The van der Waals surface area contributed by atoms with Crippen LogP contribution in [0.5, 0.6) is 0 Å². The van der Waals surface area contributed by atoms with E-state index in [1.165, 1.54) is 39.1 Å². The van der Waals surface area contributed by atoms with Crippen LogP contribution in [0.2, 0.25) is 0 Å². The molecular formula is C14H31N3O. The average molecular weight is 257 g/mol. The molecule has 1 aliphatic rings. The second kappa shape index (κ2) is 8.10. The number of aliphatic hydroxyl groups is 1. The molecule has 2 N–H and O–H groups in total. The SMILES string of the molecule is CCNC(CC)(CO)CCCN1CCN(C)CC1. The van der Waals surface area contributed by atoms with Crippen LogP contribution in [0, 0.1) is 0 Å². The number of rotatable bonds is 8. The molecule has 1 rings (SSSR count). The van der Waals surface area contributed by atoms with Gasteiger partial charge < -0.3 is 20.2 Å². The van der Waals surface area contributed by atoms with Crippen molar-refractivity contribution in [2.24, 2.45) is 0 Å². The van der Waals surface area contributed by atoms with Gasteiger partial charge in [-0.05, 0) is 39.4 Å². The maximum atomic E-state index is 9.60. The molecule has 108 valence electrons. The fraction of sp³-hybridized carbons (Fsp3) is 1.00. The summed E-state index contributed by atoms with van der Waals surface area (Å²) in [5.41, 5.74) is -0.0542. The Morgan fingerprint density at radius 3 is 2.33 bits per heavy atom. The predicted molar refractivity (Wildman–Crippen MR) is 77.0 cm³/mol. The lowest BCUT2D eigenvalue weighted by Gasteiger charge is -2.35. The van der Waals surface area contributed by atoms with Gasteiger partial charge in [0.15, 0.2) is 0 Å². The molecule has 0 saturated carbocycles. The molecule has 1 atom stereocenters. The van der Waals surface area contributed by atoms with E-state index in [1.54, 1.807) is 0 Å². The molecule has 1 unspecified atom stereocenters. The quantitative estimate of drug-likeness (QED) is 0.673. The van der Waals surface area contributed by atoms with Crippen molar-refractivity contribution in [1.82, 2.24) is 15.1 Å². The molecule has 1 heterocycles. The van der Waals surface area contributed by atoms with E-state index in [2.05, 4.69) is 36.0 Å². The Bertz CT molecular complexity index is 211. The molecule has 0 bridgehead atoms. The summed E-state index contributed by atoms with van der Waals surface area (Å²) in [6.45, 7) is 11.4. The van der Waals surface area contributed by atoms with Crippen LogP contribution in [0.3, 0.4) is 0 Å². The summed E-state index contributed by atoms with van der Waals surface area (Å²) in [7, 11) is 2.19. The highest BCUT2D eigenvalue weighted by Crippen LogP contribution is 2.17. The van der Waals surface area contributed by atoms with Gasteiger partial charge in [0.2, 0.25) is 0 Å². The Balaban J connectivity index is 2.26. The average Bonchev–Trinajstić information content (AvgIpc) is 2.40. The number of likely N-dealkylation sites (N-methyl/N-ethyl adjacent to an activating group) is 2. The van der Waals surface area contributed by atoms with E-state index in [1.807, 2.05) is 0 Å². The lowest BCUT2D eigenvalue weighted by molar-refractivity contribution is 0.125. The van der Waals surface area contributed by atoms with E-state index in [-0.39, 0.29) is 12.1 Å². The lowest BCUT2D eigenvalue weighted by atomic mass is 9.91. The highest BCUT2D eigenvalue weighted by Gasteiger charge is 2.25. The minimum absolute atomic E-state index is 0.0542. The molecule has 18 heavy (non-hydrogen) atoms. The Labute approximate surface area is 112 Å². The maximum absolute atomic E-state index is 9.60. The van der Waals surface area contributed by atoms with E-state index in [0.717, 1.165) is 19.4 Å². The molecule has 1 saturated heterocycles. The lowest BCUT2D eigenvalue weighted by Crippen LogP contribution is -2.49. The van der Waals surface area contributed by atoms with Crippen LogP contribution in [0.4, 0.5) is 0 Å². The zero-order chi connectivity index (χ0) is 13.4. The van der Waals surface area contributed by atoms with Gasteiger partial charge in [0.05, 0.1) is 6.61 Å². The summed E-state index contributed by atoms with van der Waals surface area (Å²) in [6.07, 6.45) is 3.24. The van der Waals surface area contributed by atoms with E-state index in [9.17, 15) is 5.11 Å². The molecule has 1 fully saturated rings. The van der Waals surface area contributed by atoms with Crippen LogP contribution >= 0.6 is 0 Å². The van der Waals surface area contributed by atoms with Crippen LogP contribution in [-0.4, -0.2) is 73.4 Å². The van der Waals surface area contributed by atoms with E-state index < -0.39 is 0 Å². The zero-order valence-corrected chi connectivity index (χ0v) is 12.4. The summed E-state index contributed by atoms with van der Waals surface area (Å²) < 4.78 is 0. The normalized spacial score (nSPS) is 22.0. The van der Waals surface area contributed by atoms with Crippen molar-refractivity contribution in [1.29, 1.82) is 0 Å². The third-order valence-corrected chi connectivity index (χ3v) is 4.26. The number of hydrogen-bond acceptors (Lipinski definition) is 4. The van der Waals surface area contributed by atoms with Crippen molar-refractivity contribution in [2.45, 2.75) is 38.6 Å². The first-order valence-corrected chi connectivity index (χ1v) is 7.42. The van der Waals surface area contributed by atoms with Crippen LogP contribution < -0.4 is 5.32 Å². The van der Waals surface area contributed by atoms with Gasteiger partial charge in [0.1, 0.15) is 0 Å². The highest BCUT2D eigenvalue weighted by atomic mass is 16.3. The third kappa shape index (κ3) is 4.84. The van der Waals surface area contributed by atoms with Crippen LogP contribution in [0.1, 0.15) is 33.1 Å². The molecule has 0 aromatic heterocycles. The molecular weight excluding hydrogens is 226 g/mol. The molecule has 0 aromatic rings. The van der Waals surface area contributed by atoms with E-state index >= 15 is 0 Å². The van der Waals surface area contributed by atoms with Crippen molar-refractivity contribution in [3.8, 4) is 0 Å². The van der Waals surface area contributed by atoms with Gasteiger partial charge in [-0.1, -0.05) is 13.8 Å². The van der Waals surface area contributed by atoms with Crippen LogP contribution in [0.25, 0.3) is 0 Å². The zero-order valence-electron chi connectivity index (χ0n) is 12.4. The van der Waals surface area contributed by atoms with Gasteiger partial charge in [-0.3, -0.25) is 0 Å². The second-order valence-electron chi connectivity index (χ2n) is 5.57. The summed E-state index contributed by atoms with van der Waals surface area (Å²) in [5.74, 6) is 0. The standard InChI is InChI=1S/C14H31N3O/c1-4-14(13-18,15-5-2)7-6-8-17-11-9-16(3)10-12-17/h15,18H,4-13H2,1-3H3. The number of piperazine rings is 1. The van der Waals surface area contributed by atoms with E-state index in [0.29, 0.717) is 0 Å². The molecule has 0 spiro atoms. The van der Waals surface area contributed by atoms with Crippen molar-refractivity contribution >= 4 is 0 Å². The minimum atomic E-state index is -0.0542. The van der Waals surface area contributed by atoms with Crippen molar-refractivity contribution < 1.29 is 5.11 Å². The molecule has 0 aliphatic carbocycles. The van der Waals surface area contributed by atoms with Gasteiger partial charge >= 0.3 is 0 Å². The Kier molecular flexibility index (Phi) is 7.15. The first-order valence-electron chi connectivity index (χ1n) is 7.42. The Morgan fingerprint density at radius 2 is 1.83 bits per heavy atom. The number of aliphatic hydroxyl groups excluding tert-OH is 1. The highest BCUT2D eigenvalue weighted by molar-refractivity contribution is 4.86. The number of hydrogen-bond donors (Lipinski definition) is 2. The molecule has 0 radical (unpaired) electrons.